The van der Waals surface area contributed by atoms with Crippen LogP contribution in [0, 0.1) is 29.6 Å². The first-order chi connectivity index (χ1) is 12.8. The number of halogens is 3. The van der Waals surface area contributed by atoms with Crippen LogP contribution in [0.5, 0.6) is 0 Å². The lowest BCUT2D eigenvalue weighted by Crippen LogP contribution is -2.48. The smallest absolute Gasteiger partial charge is 0.418 e. The molecule has 0 radical (unpaired) electrons. The van der Waals surface area contributed by atoms with Crippen LogP contribution in [0.4, 0.5) is 18.9 Å². The fourth-order valence-corrected chi connectivity index (χ4v) is 5.57. The number of rotatable bonds is 4. The van der Waals surface area contributed by atoms with Gasteiger partial charge < -0.3 is 10.1 Å². The summed E-state index contributed by atoms with van der Waals surface area (Å²) in [6.45, 7) is -0.562. The highest BCUT2D eigenvalue weighted by Gasteiger charge is 2.51. The number of ether oxygens (including phenoxy) is 1. The fourth-order valence-electron chi connectivity index (χ4n) is 5.57. The molecule has 27 heavy (non-hydrogen) atoms. The van der Waals surface area contributed by atoms with Gasteiger partial charge in [-0.3, -0.25) is 9.59 Å². The van der Waals surface area contributed by atoms with Crippen molar-refractivity contribution in [3.05, 3.63) is 29.8 Å². The fraction of sp³-hybridized carbons (Fsp3) is 0.600. The Kier molecular flexibility index (Phi) is 4.64. The third-order valence-electron chi connectivity index (χ3n) is 6.35. The van der Waals surface area contributed by atoms with E-state index in [2.05, 4.69) is 5.32 Å². The van der Waals surface area contributed by atoms with E-state index in [0.717, 1.165) is 43.6 Å². The third kappa shape index (κ3) is 3.69. The van der Waals surface area contributed by atoms with E-state index in [1.807, 2.05) is 0 Å². The Morgan fingerprint density at radius 3 is 2.19 bits per heavy atom. The highest BCUT2D eigenvalue weighted by atomic mass is 19.4. The molecule has 0 atom stereocenters. The molecule has 7 heteroatoms. The summed E-state index contributed by atoms with van der Waals surface area (Å²) in [5.41, 5.74) is -1.26. The van der Waals surface area contributed by atoms with Crippen LogP contribution >= 0.6 is 0 Å². The standard InChI is InChI=1S/C20H22F3NO3/c21-20(22,23)15-3-1-2-4-16(15)24-17(25)10-27-19(26)18-13-6-11-5-12(8-13)9-14(18)7-11/h1-4,11-14,18H,5-10H2,(H,24,25). The Morgan fingerprint density at radius 1 is 1.00 bits per heavy atom. The number of carbonyl (C=O) groups excluding carboxylic acids is 2. The number of alkyl halides is 3. The maximum Gasteiger partial charge on any atom is 0.418 e. The molecule has 5 rings (SSSR count). The molecule has 4 bridgehead atoms. The van der Waals surface area contributed by atoms with E-state index in [1.165, 1.54) is 24.6 Å². The third-order valence-corrected chi connectivity index (χ3v) is 6.35. The summed E-state index contributed by atoms with van der Waals surface area (Å²) in [6.07, 6.45) is 0.919. The van der Waals surface area contributed by atoms with Crippen LogP contribution in [0.25, 0.3) is 0 Å². The van der Waals surface area contributed by atoms with Crippen molar-refractivity contribution in [3.63, 3.8) is 0 Å². The van der Waals surface area contributed by atoms with Crippen LogP contribution in [0.15, 0.2) is 24.3 Å². The van der Waals surface area contributed by atoms with Crippen molar-refractivity contribution in [3.8, 4) is 0 Å². The van der Waals surface area contributed by atoms with Gasteiger partial charge in [-0.2, -0.15) is 13.2 Å². The lowest BCUT2D eigenvalue weighted by molar-refractivity contribution is -0.164. The number of carbonyl (C=O) groups is 2. The Labute approximate surface area is 155 Å². The van der Waals surface area contributed by atoms with E-state index in [0.29, 0.717) is 11.8 Å². The molecule has 0 spiro atoms. The summed E-state index contributed by atoms with van der Waals surface area (Å²) in [6, 6.07) is 4.74. The predicted molar refractivity (Wildman–Crippen MR) is 91.6 cm³/mol. The molecule has 4 aliphatic rings. The maximum absolute atomic E-state index is 13.0. The van der Waals surface area contributed by atoms with Crippen LogP contribution < -0.4 is 5.32 Å². The van der Waals surface area contributed by atoms with Crippen LogP contribution in [-0.2, 0) is 20.5 Å². The summed E-state index contributed by atoms with van der Waals surface area (Å²) in [7, 11) is 0. The van der Waals surface area contributed by atoms with Crippen molar-refractivity contribution in [1.29, 1.82) is 0 Å². The Balaban J connectivity index is 1.34. The molecule has 4 nitrogen and oxygen atoms in total. The van der Waals surface area contributed by atoms with Gasteiger partial charge >= 0.3 is 12.1 Å². The van der Waals surface area contributed by atoms with Crippen molar-refractivity contribution in [1.82, 2.24) is 0 Å². The van der Waals surface area contributed by atoms with Gasteiger partial charge in [0, 0.05) is 0 Å². The predicted octanol–water partition coefficient (Wildman–Crippen LogP) is 4.26. The monoisotopic (exact) mass is 381 g/mol. The minimum absolute atomic E-state index is 0.159. The van der Waals surface area contributed by atoms with Gasteiger partial charge in [0.2, 0.25) is 0 Å². The quantitative estimate of drug-likeness (QED) is 0.793. The number of amides is 1. The van der Waals surface area contributed by atoms with Crippen molar-refractivity contribution >= 4 is 17.6 Å². The van der Waals surface area contributed by atoms with Gasteiger partial charge in [0.05, 0.1) is 17.2 Å². The van der Waals surface area contributed by atoms with Crippen molar-refractivity contribution in [2.75, 3.05) is 11.9 Å². The number of hydrogen-bond acceptors (Lipinski definition) is 3. The van der Waals surface area contributed by atoms with E-state index >= 15 is 0 Å². The van der Waals surface area contributed by atoms with Gasteiger partial charge in [-0.1, -0.05) is 12.1 Å². The highest BCUT2D eigenvalue weighted by molar-refractivity contribution is 5.93. The second-order valence-electron chi connectivity index (χ2n) is 8.16. The number of benzene rings is 1. The zero-order valence-electron chi connectivity index (χ0n) is 14.8. The van der Waals surface area contributed by atoms with Gasteiger partial charge in [0.1, 0.15) is 0 Å². The summed E-state index contributed by atoms with van der Waals surface area (Å²) in [5, 5.41) is 2.20. The first-order valence-corrected chi connectivity index (χ1v) is 9.44. The molecule has 0 saturated heterocycles. The molecule has 4 aliphatic carbocycles. The Bertz CT molecular complexity index is 718. The molecule has 0 aliphatic heterocycles. The van der Waals surface area contributed by atoms with Gasteiger partial charge in [0.25, 0.3) is 5.91 Å². The zero-order chi connectivity index (χ0) is 19.2. The molecular formula is C20H22F3NO3. The number of nitrogens with one attached hydrogen (secondary N) is 1. The van der Waals surface area contributed by atoms with Gasteiger partial charge in [0.15, 0.2) is 6.61 Å². The average molecular weight is 381 g/mol. The summed E-state index contributed by atoms with van der Waals surface area (Å²) in [4.78, 5) is 24.6. The molecule has 4 saturated carbocycles. The molecule has 1 aromatic carbocycles. The highest BCUT2D eigenvalue weighted by Crippen LogP contribution is 2.56. The molecule has 0 aromatic heterocycles. The summed E-state index contributed by atoms with van der Waals surface area (Å²) >= 11 is 0. The molecular weight excluding hydrogens is 359 g/mol. The van der Waals surface area contributed by atoms with Crippen LogP contribution in [0.3, 0.4) is 0 Å². The van der Waals surface area contributed by atoms with Gasteiger partial charge in [-0.05, 0) is 67.9 Å². The van der Waals surface area contributed by atoms with Crippen LogP contribution in [0.2, 0.25) is 0 Å². The van der Waals surface area contributed by atoms with E-state index in [1.54, 1.807) is 0 Å². The van der Waals surface area contributed by atoms with E-state index in [-0.39, 0.29) is 17.6 Å². The van der Waals surface area contributed by atoms with Crippen molar-refractivity contribution in [2.45, 2.75) is 38.3 Å². The number of esters is 1. The maximum atomic E-state index is 13.0. The Morgan fingerprint density at radius 2 is 1.59 bits per heavy atom. The largest absolute Gasteiger partial charge is 0.455 e. The first-order valence-electron chi connectivity index (χ1n) is 9.44. The molecule has 1 amide bonds. The van der Waals surface area contributed by atoms with Crippen LogP contribution in [-0.4, -0.2) is 18.5 Å². The average Bonchev–Trinajstić information content (AvgIpc) is 2.58. The normalized spacial score (nSPS) is 31.6. The SMILES string of the molecule is O=C(COC(=O)C1C2CC3CC(C2)CC1C3)Nc1ccccc1C(F)(F)F. The Hall–Kier alpha value is -2.05. The molecule has 0 unspecified atom stereocenters. The number of para-hydroxylation sites is 1. The molecule has 146 valence electrons. The van der Waals surface area contributed by atoms with Crippen molar-refractivity contribution in [2.24, 2.45) is 29.6 Å². The molecule has 0 heterocycles. The minimum Gasteiger partial charge on any atom is -0.455 e. The molecule has 1 aromatic rings. The summed E-state index contributed by atoms with van der Waals surface area (Å²) < 4.78 is 44.2. The van der Waals surface area contributed by atoms with E-state index < -0.39 is 24.3 Å². The second-order valence-corrected chi connectivity index (χ2v) is 8.16. The number of anilines is 1. The number of hydrogen-bond donors (Lipinski definition) is 1. The molecule has 1 N–H and O–H groups in total. The zero-order valence-corrected chi connectivity index (χ0v) is 14.8. The topological polar surface area (TPSA) is 55.4 Å². The second kappa shape index (κ2) is 6.84. The summed E-state index contributed by atoms with van der Waals surface area (Å²) in [5.74, 6) is 0.822. The first kappa shape index (κ1) is 18.3. The van der Waals surface area contributed by atoms with Crippen LogP contribution in [0.1, 0.15) is 37.7 Å². The lowest BCUT2D eigenvalue weighted by atomic mass is 9.52. The van der Waals surface area contributed by atoms with Gasteiger partial charge in [-0.25, -0.2) is 0 Å². The molecule has 4 fully saturated rings. The van der Waals surface area contributed by atoms with Gasteiger partial charge in [-0.15, -0.1) is 0 Å². The van der Waals surface area contributed by atoms with E-state index in [9.17, 15) is 22.8 Å². The van der Waals surface area contributed by atoms with E-state index in [4.69, 9.17) is 4.74 Å². The van der Waals surface area contributed by atoms with Crippen molar-refractivity contribution < 1.29 is 27.5 Å². The lowest BCUT2D eigenvalue weighted by Gasteiger charge is -2.53. The minimum atomic E-state index is -4.57.